The largest absolute Gasteiger partial charge is 0.475 e. The van der Waals surface area contributed by atoms with E-state index in [4.69, 9.17) is 9.47 Å². The second-order valence-electron chi connectivity index (χ2n) is 6.34. The SMILES string of the molecule is Cc1cc(C)c(CNC2CC2)c(OCCOCC(C)C)n1. The summed E-state index contributed by atoms with van der Waals surface area (Å²) in [5, 5.41) is 3.54. The summed E-state index contributed by atoms with van der Waals surface area (Å²) in [4.78, 5) is 4.55. The molecule has 0 unspecified atom stereocenters. The van der Waals surface area contributed by atoms with Gasteiger partial charge in [-0.25, -0.2) is 4.98 Å². The van der Waals surface area contributed by atoms with Gasteiger partial charge in [0.25, 0.3) is 0 Å². The Labute approximate surface area is 128 Å². The fourth-order valence-corrected chi connectivity index (χ4v) is 2.21. The van der Waals surface area contributed by atoms with E-state index in [2.05, 4.69) is 37.1 Å². The van der Waals surface area contributed by atoms with Crippen molar-refractivity contribution >= 4 is 0 Å². The molecule has 0 aliphatic heterocycles. The fourth-order valence-electron chi connectivity index (χ4n) is 2.21. The van der Waals surface area contributed by atoms with E-state index < -0.39 is 0 Å². The van der Waals surface area contributed by atoms with Gasteiger partial charge in [0.1, 0.15) is 6.61 Å². The van der Waals surface area contributed by atoms with E-state index in [1.54, 1.807) is 0 Å². The van der Waals surface area contributed by atoms with E-state index in [-0.39, 0.29) is 0 Å². The van der Waals surface area contributed by atoms with Crippen LogP contribution in [0.2, 0.25) is 0 Å². The highest BCUT2D eigenvalue weighted by Gasteiger charge is 2.21. The molecule has 118 valence electrons. The molecule has 4 nitrogen and oxygen atoms in total. The maximum Gasteiger partial charge on any atom is 0.218 e. The first-order valence-electron chi connectivity index (χ1n) is 7.97. The highest BCUT2D eigenvalue weighted by Crippen LogP contribution is 2.24. The molecular formula is C17H28N2O2. The summed E-state index contributed by atoms with van der Waals surface area (Å²) in [7, 11) is 0. The van der Waals surface area contributed by atoms with Crippen LogP contribution in [-0.2, 0) is 11.3 Å². The molecule has 0 aromatic carbocycles. The van der Waals surface area contributed by atoms with E-state index in [1.807, 2.05) is 6.92 Å². The molecule has 0 amide bonds. The van der Waals surface area contributed by atoms with Gasteiger partial charge in [0.15, 0.2) is 0 Å². The van der Waals surface area contributed by atoms with Crippen molar-refractivity contribution in [2.24, 2.45) is 5.92 Å². The predicted molar refractivity (Wildman–Crippen MR) is 84.7 cm³/mol. The van der Waals surface area contributed by atoms with Crippen molar-refractivity contribution in [2.75, 3.05) is 19.8 Å². The Morgan fingerprint density at radius 3 is 2.71 bits per heavy atom. The third-order valence-electron chi connectivity index (χ3n) is 3.50. The van der Waals surface area contributed by atoms with E-state index in [0.717, 1.165) is 24.7 Å². The quantitative estimate of drug-likeness (QED) is 0.711. The highest BCUT2D eigenvalue weighted by atomic mass is 16.5. The monoisotopic (exact) mass is 292 g/mol. The molecule has 21 heavy (non-hydrogen) atoms. The number of pyridine rings is 1. The van der Waals surface area contributed by atoms with Crippen molar-refractivity contribution in [1.82, 2.24) is 10.3 Å². The number of nitrogens with zero attached hydrogens (tertiary/aromatic N) is 1. The first-order chi connectivity index (χ1) is 10.1. The first-order valence-corrected chi connectivity index (χ1v) is 7.97. The van der Waals surface area contributed by atoms with Crippen LogP contribution in [-0.4, -0.2) is 30.8 Å². The predicted octanol–water partition coefficient (Wildman–Crippen LogP) is 3.00. The summed E-state index contributed by atoms with van der Waals surface area (Å²) in [5.74, 6) is 1.32. The molecule has 1 fully saturated rings. The maximum absolute atomic E-state index is 5.86. The molecule has 1 heterocycles. The van der Waals surface area contributed by atoms with Crippen LogP contribution in [0.3, 0.4) is 0 Å². The van der Waals surface area contributed by atoms with Gasteiger partial charge < -0.3 is 14.8 Å². The molecule has 1 aromatic rings. The standard InChI is InChI=1S/C17H28N2O2/c1-12(2)11-20-7-8-21-17-16(10-18-15-5-6-15)13(3)9-14(4)19-17/h9,12,15,18H,5-8,10-11H2,1-4H3. The van der Waals surface area contributed by atoms with Crippen LogP contribution in [0.25, 0.3) is 0 Å². The van der Waals surface area contributed by atoms with Gasteiger partial charge in [-0.1, -0.05) is 13.8 Å². The lowest BCUT2D eigenvalue weighted by molar-refractivity contribution is 0.0802. The number of rotatable bonds is 9. The minimum absolute atomic E-state index is 0.555. The van der Waals surface area contributed by atoms with Crippen molar-refractivity contribution in [3.8, 4) is 5.88 Å². The number of nitrogens with one attached hydrogen (secondary N) is 1. The Balaban J connectivity index is 1.89. The fraction of sp³-hybridized carbons (Fsp3) is 0.706. The molecular weight excluding hydrogens is 264 g/mol. The number of aromatic nitrogens is 1. The van der Waals surface area contributed by atoms with Crippen LogP contribution < -0.4 is 10.1 Å². The van der Waals surface area contributed by atoms with E-state index in [0.29, 0.717) is 25.2 Å². The minimum atomic E-state index is 0.555. The Kier molecular flexibility index (Phi) is 6.00. The third kappa shape index (κ3) is 5.64. The van der Waals surface area contributed by atoms with Gasteiger partial charge in [-0.15, -0.1) is 0 Å². The molecule has 2 rings (SSSR count). The second kappa shape index (κ2) is 7.76. The average molecular weight is 292 g/mol. The molecule has 0 atom stereocenters. The normalized spacial score (nSPS) is 14.7. The molecule has 1 aromatic heterocycles. The number of hydrogen-bond acceptors (Lipinski definition) is 4. The number of hydrogen-bond donors (Lipinski definition) is 1. The molecule has 1 aliphatic rings. The van der Waals surface area contributed by atoms with E-state index in [1.165, 1.54) is 24.0 Å². The summed E-state index contributed by atoms with van der Waals surface area (Å²) in [6.45, 7) is 11.2. The van der Waals surface area contributed by atoms with Crippen molar-refractivity contribution in [2.45, 2.75) is 53.1 Å². The van der Waals surface area contributed by atoms with Crippen LogP contribution in [0.15, 0.2) is 6.07 Å². The van der Waals surface area contributed by atoms with Crippen LogP contribution >= 0.6 is 0 Å². The molecule has 0 spiro atoms. The number of ether oxygens (including phenoxy) is 2. The lowest BCUT2D eigenvalue weighted by atomic mass is 10.1. The molecule has 1 aliphatic carbocycles. The topological polar surface area (TPSA) is 43.4 Å². The maximum atomic E-state index is 5.86. The summed E-state index contributed by atoms with van der Waals surface area (Å²) in [5.41, 5.74) is 3.42. The van der Waals surface area contributed by atoms with Gasteiger partial charge in [0.05, 0.1) is 6.61 Å². The van der Waals surface area contributed by atoms with Crippen LogP contribution in [0.5, 0.6) is 5.88 Å². The summed E-state index contributed by atoms with van der Waals surface area (Å²) in [6, 6.07) is 2.80. The molecule has 4 heteroatoms. The zero-order valence-electron chi connectivity index (χ0n) is 13.7. The Morgan fingerprint density at radius 1 is 1.29 bits per heavy atom. The molecule has 0 bridgehead atoms. The van der Waals surface area contributed by atoms with Crippen molar-refractivity contribution in [3.63, 3.8) is 0 Å². The highest BCUT2D eigenvalue weighted by molar-refractivity contribution is 5.36. The van der Waals surface area contributed by atoms with Gasteiger partial charge >= 0.3 is 0 Å². The van der Waals surface area contributed by atoms with Gasteiger partial charge in [-0.3, -0.25) is 0 Å². The molecule has 1 N–H and O–H groups in total. The second-order valence-corrected chi connectivity index (χ2v) is 6.34. The van der Waals surface area contributed by atoms with Gasteiger partial charge in [-0.05, 0) is 44.2 Å². The van der Waals surface area contributed by atoms with E-state index in [9.17, 15) is 0 Å². The first kappa shape index (κ1) is 16.2. The summed E-state index contributed by atoms with van der Waals surface area (Å²) < 4.78 is 11.4. The van der Waals surface area contributed by atoms with Gasteiger partial charge in [-0.2, -0.15) is 0 Å². The third-order valence-corrected chi connectivity index (χ3v) is 3.50. The van der Waals surface area contributed by atoms with Crippen molar-refractivity contribution < 1.29 is 9.47 Å². The van der Waals surface area contributed by atoms with Gasteiger partial charge in [0, 0.05) is 30.5 Å². The van der Waals surface area contributed by atoms with Crippen LogP contribution in [0, 0.1) is 19.8 Å². The minimum Gasteiger partial charge on any atom is -0.475 e. The van der Waals surface area contributed by atoms with Crippen molar-refractivity contribution in [1.29, 1.82) is 0 Å². The van der Waals surface area contributed by atoms with Crippen molar-refractivity contribution in [3.05, 3.63) is 22.9 Å². The lowest BCUT2D eigenvalue weighted by Crippen LogP contribution is -2.18. The number of aryl methyl sites for hydroxylation is 2. The van der Waals surface area contributed by atoms with Crippen LogP contribution in [0.1, 0.15) is 43.5 Å². The smallest absolute Gasteiger partial charge is 0.218 e. The zero-order valence-corrected chi connectivity index (χ0v) is 13.7. The lowest BCUT2D eigenvalue weighted by Gasteiger charge is -2.15. The molecule has 0 saturated heterocycles. The Morgan fingerprint density at radius 2 is 2.05 bits per heavy atom. The molecule has 1 saturated carbocycles. The Hall–Kier alpha value is -1.13. The summed E-state index contributed by atoms with van der Waals surface area (Å²) in [6.07, 6.45) is 2.58. The average Bonchev–Trinajstić information content (AvgIpc) is 3.20. The van der Waals surface area contributed by atoms with E-state index >= 15 is 0 Å². The Bertz CT molecular complexity index is 456. The zero-order chi connectivity index (χ0) is 15.2. The van der Waals surface area contributed by atoms with Gasteiger partial charge in [0.2, 0.25) is 5.88 Å². The summed E-state index contributed by atoms with van der Waals surface area (Å²) >= 11 is 0. The molecule has 0 radical (unpaired) electrons. The van der Waals surface area contributed by atoms with Crippen LogP contribution in [0.4, 0.5) is 0 Å².